The predicted molar refractivity (Wildman–Crippen MR) is 64.2 cm³/mol. The Morgan fingerprint density at radius 1 is 1.18 bits per heavy atom. The van der Waals surface area contributed by atoms with E-state index >= 15 is 0 Å². The maximum absolute atomic E-state index is 13.8. The van der Waals surface area contributed by atoms with Crippen molar-refractivity contribution in [2.75, 3.05) is 0 Å². The molecule has 1 N–H and O–H groups in total. The second-order valence-electron chi connectivity index (χ2n) is 3.78. The van der Waals surface area contributed by atoms with Gasteiger partial charge in [-0.05, 0) is 31.5 Å². The van der Waals surface area contributed by atoms with Gasteiger partial charge in [0.25, 0.3) is 0 Å². The number of aryl methyl sites for hydroxylation is 2. The first-order valence-electron chi connectivity index (χ1n) is 5.02. The predicted octanol–water partition coefficient (Wildman–Crippen LogP) is 3.70. The lowest BCUT2D eigenvalue weighted by Gasteiger charge is -2.07. The third-order valence-corrected chi connectivity index (χ3v) is 2.64. The third-order valence-electron chi connectivity index (χ3n) is 2.43. The summed E-state index contributed by atoms with van der Waals surface area (Å²) in [6.07, 6.45) is 0. The molecule has 0 bridgehead atoms. The van der Waals surface area contributed by atoms with Crippen LogP contribution < -0.4 is 0 Å². The summed E-state index contributed by atoms with van der Waals surface area (Å²) in [5.74, 6) is -1.15. The number of H-pyrrole nitrogens is 1. The Morgan fingerprint density at radius 3 is 2.53 bits per heavy atom. The van der Waals surface area contributed by atoms with Crippen molar-refractivity contribution in [3.8, 4) is 11.3 Å². The molecular formula is C12H10F2N2S. The van der Waals surface area contributed by atoms with Crippen molar-refractivity contribution in [1.29, 1.82) is 0 Å². The highest BCUT2D eigenvalue weighted by atomic mass is 32.1. The number of aromatic nitrogens is 2. The summed E-state index contributed by atoms with van der Waals surface area (Å²) in [5, 5.41) is 0. The molecule has 2 nitrogen and oxygen atoms in total. The van der Waals surface area contributed by atoms with Crippen LogP contribution >= 0.6 is 12.2 Å². The maximum atomic E-state index is 13.8. The minimum absolute atomic E-state index is 0.157. The van der Waals surface area contributed by atoms with Gasteiger partial charge in [0, 0.05) is 5.56 Å². The molecule has 1 aromatic heterocycles. The van der Waals surface area contributed by atoms with E-state index in [9.17, 15) is 8.78 Å². The Morgan fingerprint density at radius 2 is 1.88 bits per heavy atom. The zero-order valence-electron chi connectivity index (χ0n) is 9.34. The summed E-state index contributed by atoms with van der Waals surface area (Å²) < 4.78 is 27.6. The van der Waals surface area contributed by atoms with E-state index in [1.165, 1.54) is 25.1 Å². The highest BCUT2D eigenvalue weighted by Crippen LogP contribution is 2.24. The number of nitrogens with one attached hydrogen (secondary N) is 1. The summed E-state index contributed by atoms with van der Waals surface area (Å²) in [4.78, 5) is 6.84. The zero-order valence-corrected chi connectivity index (χ0v) is 10.2. The largest absolute Gasteiger partial charge is 0.343 e. The fourth-order valence-electron chi connectivity index (χ4n) is 1.58. The molecule has 0 aliphatic rings. The summed E-state index contributed by atoms with van der Waals surface area (Å²) >= 11 is 4.94. The van der Waals surface area contributed by atoms with Crippen LogP contribution in [0.15, 0.2) is 18.2 Å². The van der Waals surface area contributed by atoms with Crippen molar-refractivity contribution in [2.45, 2.75) is 13.8 Å². The van der Waals surface area contributed by atoms with Gasteiger partial charge >= 0.3 is 0 Å². The first-order chi connectivity index (χ1) is 7.99. The highest BCUT2D eigenvalue weighted by molar-refractivity contribution is 7.71. The van der Waals surface area contributed by atoms with E-state index in [1.54, 1.807) is 6.92 Å². The van der Waals surface area contributed by atoms with E-state index in [2.05, 4.69) is 9.97 Å². The summed E-state index contributed by atoms with van der Waals surface area (Å²) in [5.41, 5.74) is 0.860. The summed E-state index contributed by atoms with van der Waals surface area (Å²) in [6, 6.07) is 4.56. The van der Waals surface area contributed by atoms with Crippen LogP contribution in [0, 0.1) is 30.1 Å². The Bertz CT molecular complexity index is 635. The average Bonchev–Trinajstić information content (AvgIpc) is 2.24. The zero-order chi connectivity index (χ0) is 12.6. The molecule has 0 atom stereocenters. The first kappa shape index (κ1) is 11.9. The molecule has 0 fully saturated rings. The standard InChI is InChI=1S/C12H10F2N2S/c1-6-3-4-8(12(14)11(6)13)9-5-10(17)16-7(2)15-9/h3-5H,1-2H3,(H,15,16,17). The Labute approximate surface area is 102 Å². The molecule has 0 saturated heterocycles. The van der Waals surface area contributed by atoms with Crippen LogP contribution in [0.4, 0.5) is 8.78 Å². The molecule has 1 aromatic carbocycles. The maximum Gasteiger partial charge on any atom is 0.168 e. The molecule has 17 heavy (non-hydrogen) atoms. The molecule has 0 aliphatic heterocycles. The molecule has 0 aliphatic carbocycles. The summed E-state index contributed by atoms with van der Waals surface area (Å²) in [6.45, 7) is 3.23. The van der Waals surface area contributed by atoms with Gasteiger partial charge in [0.05, 0.1) is 5.69 Å². The highest BCUT2D eigenvalue weighted by Gasteiger charge is 2.13. The lowest BCUT2D eigenvalue weighted by atomic mass is 10.1. The fraction of sp³-hybridized carbons (Fsp3) is 0.167. The lowest BCUT2D eigenvalue weighted by molar-refractivity contribution is 0.505. The van der Waals surface area contributed by atoms with Gasteiger partial charge in [0.15, 0.2) is 11.6 Å². The van der Waals surface area contributed by atoms with Crippen LogP contribution in [-0.4, -0.2) is 9.97 Å². The smallest absolute Gasteiger partial charge is 0.168 e. The molecule has 0 spiro atoms. The molecule has 0 saturated carbocycles. The topological polar surface area (TPSA) is 28.7 Å². The number of hydrogen-bond donors (Lipinski definition) is 1. The van der Waals surface area contributed by atoms with Gasteiger partial charge in [0.1, 0.15) is 10.5 Å². The number of benzene rings is 1. The van der Waals surface area contributed by atoms with Crippen molar-refractivity contribution < 1.29 is 8.78 Å². The molecule has 0 amide bonds. The molecular weight excluding hydrogens is 242 g/mol. The van der Waals surface area contributed by atoms with Crippen LogP contribution in [0.2, 0.25) is 0 Å². The number of halogens is 2. The quantitative estimate of drug-likeness (QED) is 0.784. The molecule has 2 aromatic rings. The van der Waals surface area contributed by atoms with Gasteiger partial charge < -0.3 is 4.98 Å². The normalized spacial score (nSPS) is 10.6. The minimum Gasteiger partial charge on any atom is -0.343 e. The Hall–Kier alpha value is -1.62. The van der Waals surface area contributed by atoms with E-state index in [1.807, 2.05) is 0 Å². The van der Waals surface area contributed by atoms with Crippen molar-refractivity contribution in [1.82, 2.24) is 9.97 Å². The van der Waals surface area contributed by atoms with Gasteiger partial charge in [-0.15, -0.1) is 0 Å². The van der Waals surface area contributed by atoms with E-state index in [-0.39, 0.29) is 11.1 Å². The van der Waals surface area contributed by atoms with Gasteiger partial charge in [0.2, 0.25) is 0 Å². The average molecular weight is 252 g/mol. The Balaban J connectivity index is 2.69. The molecule has 0 radical (unpaired) electrons. The van der Waals surface area contributed by atoms with Crippen LogP contribution in [-0.2, 0) is 0 Å². The van der Waals surface area contributed by atoms with Crippen molar-refractivity contribution in [3.05, 3.63) is 45.9 Å². The minimum atomic E-state index is -0.874. The van der Waals surface area contributed by atoms with Crippen LogP contribution in [0.5, 0.6) is 0 Å². The second kappa shape index (κ2) is 4.33. The van der Waals surface area contributed by atoms with E-state index in [0.29, 0.717) is 16.2 Å². The van der Waals surface area contributed by atoms with Crippen molar-refractivity contribution in [3.63, 3.8) is 0 Å². The van der Waals surface area contributed by atoms with Gasteiger partial charge in [-0.3, -0.25) is 0 Å². The van der Waals surface area contributed by atoms with Crippen LogP contribution in [0.25, 0.3) is 11.3 Å². The molecule has 5 heteroatoms. The first-order valence-corrected chi connectivity index (χ1v) is 5.43. The summed E-state index contributed by atoms with van der Waals surface area (Å²) in [7, 11) is 0. The van der Waals surface area contributed by atoms with Crippen LogP contribution in [0.3, 0.4) is 0 Å². The number of nitrogens with zero attached hydrogens (tertiary/aromatic N) is 1. The number of rotatable bonds is 1. The number of aromatic amines is 1. The van der Waals surface area contributed by atoms with E-state index in [4.69, 9.17) is 12.2 Å². The SMILES string of the molecule is Cc1nc(=S)cc(-c2ccc(C)c(F)c2F)[nH]1. The second-order valence-corrected chi connectivity index (χ2v) is 4.19. The van der Waals surface area contributed by atoms with Crippen molar-refractivity contribution >= 4 is 12.2 Å². The van der Waals surface area contributed by atoms with Gasteiger partial charge in [-0.25, -0.2) is 13.8 Å². The van der Waals surface area contributed by atoms with Gasteiger partial charge in [-0.2, -0.15) is 0 Å². The van der Waals surface area contributed by atoms with Crippen LogP contribution in [0.1, 0.15) is 11.4 Å². The molecule has 0 unspecified atom stereocenters. The van der Waals surface area contributed by atoms with E-state index < -0.39 is 11.6 Å². The van der Waals surface area contributed by atoms with E-state index in [0.717, 1.165) is 0 Å². The lowest BCUT2D eigenvalue weighted by Crippen LogP contribution is -1.97. The number of hydrogen-bond acceptors (Lipinski definition) is 2. The molecule has 2 rings (SSSR count). The fourth-order valence-corrected chi connectivity index (χ4v) is 1.83. The molecule has 88 valence electrons. The van der Waals surface area contributed by atoms with Gasteiger partial charge in [-0.1, -0.05) is 18.3 Å². The monoisotopic (exact) mass is 252 g/mol. The molecule has 1 heterocycles. The van der Waals surface area contributed by atoms with Crippen molar-refractivity contribution in [2.24, 2.45) is 0 Å². The Kier molecular flexibility index (Phi) is 3.02. The third kappa shape index (κ3) is 2.24.